The summed E-state index contributed by atoms with van der Waals surface area (Å²) >= 11 is 6.32. The number of nitrogens with zero attached hydrogens (tertiary/aromatic N) is 1. The van der Waals surface area contributed by atoms with Gasteiger partial charge < -0.3 is 4.74 Å². The average Bonchev–Trinajstić information content (AvgIpc) is 2.63. The van der Waals surface area contributed by atoms with Gasteiger partial charge in [0.2, 0.25) is 11.0 Å². The van der Waals surface area contributed by atoms with Crippen molar-refractivity contribution in [2.45, 2.75) is 13.8 Å². The van der Waals surface area contributed by atoms with Crippen LogP contribution in [-0.4, -0.2) is 7.11 Å². The van der Waals surface area contributed by atoms with Crippen LogP contribution in [0.5, 0.6) is 5.75 Å². The van der Waals surface area contributed by atoms with Gasteiger partial charge in [-0.25, -0.2) is 0 Å². The lowest BCUT2D eigenvalue weighted by Crippen LogP contribution is -2.30. The standard InChI is InChI=1S/C23H21ClNO/c1-14-6-5-7-15(2)22(14)23-18-10-8-16(24)12-21(18)25(3)20-11-9-17(26-4)13-19(20)23/h5-13H,1-4H3/q+1. The second-order valence-electron chi connectivity index (χ2n) is 6.75. The largest absolute Gasteiger partial charge is 0.497 e. The van der Waals surface area contributed by atoms with Crippen LogP contribution in [0.4, 0.5) is 0 Å². The van der Waals surface area contributed by atoms with Crippen LogP contribution in [-0.2, 0) is 7.05 Å². The minimum absolute atomic E-state index is 0.744. The molecule has 4 aromatic rings. The van der Waals surface area contributed by atoms with Crippen molar-refractivity contribution < 1.29 is 9.30 Å². The van der Waals surface area contributed by atoms with E-state index in [1.165, 1.54) is 33.0 Å². The molecule has 0 saturated heterocycles. The molecule has 0 N–H and O–H groups in total. The molecule has 1 aromatic heterocycles. The van der Waals surface area contributed by atoms with Crippen molar-refractivity contribution in [3.63, 3.8) is 0 Å². The fourth-order valence-corrected chi connectivity index (χ4v) is 4.05. The first-order valence-electron chi connectivity index (χ1n) is 8.67. The number of aromatic nitrogens is 1. The number of ether oxygens (including phenoxy) is 1. The molecule has 0 fully saturated rings. The highest BCUT2D eigenvalue weighted by Gasteiger charge is 2.22. The van der Waals surface area contributed by atoms with Crippen LogP contribution in [0.2, 0.25) is 5.02 Å². The summed E-state index contributed by atoms with van der Waals surface area (Å²) in [7, 11) is 3.79. The van der Waals surface area contributed by atoms with E-state index >= 15 is 0 Å². The maximum Gasteiger partial charge on any atom is 0.214 e. The molecule has 0 saturated carbocycles. The van der Waals surface area contributed by atoms with E-state index < -0.39 is 0 Å². The number of halogens is 1. The number of hydrogen-bond donors (Lipinski definition) is 0. The summed E-state index contributed by atoms with van der Waals surface area (Å²) in [5.41, 5.74) is 7.31. The lowest BCUT2D eigenvalue weighted by molar-refractivity contribution is -0.617. The number of hydrogen-bond acceptors (Lipinski definition) is 1. The van der Waals surface area contributed by atoms with Gasteiger partial charge in [0.25, 0.3) is 0 Å². The Morgan fingerprint density at radius 3 is 2.23 bits per heavy atom. The van der Waals surface area contributed by atoms with Crippen LogP contribution in [0.15, 0.2) is 54.6 Å². The number of benzene rings is 3. The Morgan fingerprint density at radius 2 is 1.54 bits per heavy atom. The Hall–Kier alpha value is -2.58. The average molecular weight is 363 g/mol. The van der Waals surface area contributed by atoms with Gasteiger partial charge in [-0.3, -0.25) is 0 Å². The van der Waals surface area contributed by atoms with Crippen molar-refractivity contribution in [1.29, 1.82) is 0 Å². The molecule has 4 rings (SSSR count). The smallest absolute Gasteiger partial charge is 0.214 e. The van der Waals surface area contributed by atoms with E-state index in [1.54, 1.807) is 7.11 Å². The maximum atomic E-state index is 6.32. The predicted molar refractivity (Wildman–Crippen MR) is 109 cm³/mol. The lowest BCUT2D eigenvalue weighted by Gasteiger charge is -2.15. The van der Waals surface area contributed by atoms with E-state index in [1.807, 2.05) is 18.2 Å². The third-order valence-electron chi connectivity index (χ3n) is 5.16. The highest BCUT2D eigenvalue weighted by Crippen LogP contribution is 2.39. The fraction of sp³-hybridized carbons (Fsp3) is 0.174. The molecule has 0 aliphatic carbocycles. The van der Waals surface area contributed by atoms with Gasteiger partial charge in [-0.2, -0.15) is 4.57 Å². The molecular weight excluding hydrogens is 342 g/mol. The van der Waals surface area contributed by atoms with Crippen LogP contribution >= 0.6 is 11.6 Å². The molecule has 3 aromatic carbocycles. The molecule has 0 amide bonds. The minimum Gasteiger partial charge on any atom is -0.497 e. The number of methoxy groups -OCH3 is 1. The molecule has 130 valence electrons. The predicted octanol–water partition coefficient (Wildman–Crippen LogP) is 5.76. The number of fused-ring (bicyclic) bond motifs is 2. The summed E-state index contributed by atoms with van der Waals surface area (Å²) in [6.07, 6.45) is 0. The molecule has 2 nitrogen and oxygen atoms in total. The molecule has 0 radical (unpaired) electrons. The van der Waals surface area contributed by atoms with E-state index in [0.717, 1.165) is 21.8 Å². The molecule has 0 bridgehead atoms. The Bertz CT molecular complexity index is 1140. The first-order chi connectivity index (χ1) is 12.5. The SMILES string of the molecule is COc1ccc2c(c1)c(-c1c(C)cccc1C)c1ccc(Cl)cc1[n+]2C. The second kappa shape index (κ2) is 6.30. The summed E-state index contributed by atoms with van der Waals surface area (Å²) < 4.78 is 7.72. The second-order valence-corrected chi connectivity index (χ2v) is 7.18. The van der Waals surface area contributed by atoms with Crippen molar-refractivity contribution in [3.05, 3.63) is 70.7 Å². The van der Waals surface area contributed by atoms with E-state index in [9.17, 15) is 0 Å². The van der Waals surface area contributed by atoms with Gasteiger partial charge in [0.05, 0.1) is 17.9 Å². The van der Waals surface area contributed by atoms with Gasteiger partial charge in [-0.15, -0.1) is 0 Å². The molecule has 26 heavy (non-hydrogen) atoms. The highest BCUT2D eigenvalue weighted by molar-refractivity contribution is 6.31. The van der Waals surface area contributed by atoms with Crippen LogP contribution < -0.4 is 9.30 Å². The van der Waals surface area contributed by atoms with Crippen molar-refractivity contribution in [2.75, 3.05) is 7.11 Å². The van der Waals surface area contributed by atoms with Crippen molar-refractivity contribution in [2.24, 2.45) is 7.05 Å². The van der Waals surface area contributed by atoms with Crippen molar-refractivity contribution in [1.82, 2.24) is 0 Å². The highest BCUT2D eigenvalue weighted by atomic mass is 35.5. The third-order valence-corrected chi connectivity index (χ3v) is 5.39. The lowest BCUT2D eigenvalue weighted by atomic mass is 9.90. The fourth-order valence-electron chi connectivity index (χ4n) is 3.88. The molecule has 0 spiro atoms. The quantitative estimate of drug-likeness (QED) is 0.326. The summed E-state index contributed by atoms with van der Waals surface area (Å²) in [6, 6.07) is 18.8. The molecular formula is C23H21ClNO+. The van der Waals surface area contributed by atoms with Gasteiger partial charge in [0.15, 0.2) is 0 Å². The Balaban J connectivity index is 2.29. The molecule has 0 aliphatic rings. The molecule has 1 heterocycles. The first kappa shape index (κ1) is 16.9. The Morgan fingerprint density at radius 1 is 0.808 bits per heavy atom. The summed E-state index contributed by atoms with van der Waals surface area (Å²) in [5.74, 6) is 0.860. The zero-order valence-corrected chi connectivity index (χ0v) is 16.2. The van der Waals surface area contributed by atoms with Crippen molar-refractivity contribution >= 4 is 33.4 Å². The van der Waals surface area contributed by atoms with Crippen molar-refractivity contribution in [3.8, 4) is 16.9 Å². The third kappa shape index (κ3) is 2.53. The van der Waals surface area contributed by atoms with Gasteiger partial charge in [0, 0.05) is 22.7 Å². The van der Waals surface area contributed by atoms with E-state index in [4.69, 9.17) is 16.3 Å². The van der Waals surface area contributed by atoms with Gasteiger partial charge in [0.1, 0.15) is 12.8 Å². The monoisotopic (exact) mass is 362 g/mol. The summed E-state index contributed by atoms with van der Waals surface area (Å²) in [6.45, 7) is 4.34. The van der Waals surface area contributed by atoms with Crippen LogP contribution in [0.1, 0.15) is 11.1 Å². The van der Waals surface area contributed by atoms with Crippen LogP contribution in [0.3, 0.4) is 0 Å². The molecule has 0 aliphatic heterocycles. The number of aryl methyl sites for hydroxylation is 3. The van der Waals surface area contributed by atoms with Gasteiger partial charge >= 0.3 is 0 Å². The molecule has 0 unspecified atom stereocenters. The van der Waals surface area contributed by atoms with E-state index in [0.29, 0.717) is 0 Å². The topological polar surface area (TPSA) is 13.1 Å². The summed E-state index contributed by atoms with van der Waals surface area (Å²) in [5, 5.41) is 3.11. The normalized spacial score (nSPS) is 11.3. The van der Waals surface area contributed by atoms with Gasteiger partial charge in [-0.05, 0) is 54.8 Å². The molecule has 3 heteroatoms. The maximum absolute atomic E-state index is 6.32. The first-order valence-corrected chi connectivity index (χ1v) is 9.04. The van der Waals surface area contributed by atoms with Crippen LogP contribution in [0.25, 0.3) is 32.9 Å². The Kier molecular flexibility index (Phi) is 4.08. The number of rotatable bonds is 2. The van der Waals surface area contributed by atoms with E-state index in [-0.39, 0.29) is 0 Å². The van der Waals surface area contributed by atoms with Crippen LogP contribution in [0, 0.1) is 13.8 Å². The minimum atomic E-state index is 0.744. The zero-order valence-electron chi connectivity index (χ0n) is 15.4. The van der Waals surface area contributed by atoms with Gasteiger partial charge in [-0.1, -0.05) is 29.8 Å². The Labute approximate surface area is 158 Å². The zero-order chi connectivity index (χ0) is 18.4. The molecule has 0 atom stereocenters. The number of pyridine rings is 1. The van der Waals surface area contributed by atoms with E-state index in [2.05, 4.69) is 61.9 Å². The summed E-state index contributed by atoms with van der Waals surface area (Å²) in [4.78, 5) is 0.